The van der Waals surface area contributed by atoms with Crippen LogP contribution in [0.2, 0.25) is 0 Å². The molecule has 1 rings (SSSR count). The number of aliphatic hydroxyl groups is 1. The van der Waals surface area contributed by atoms with Gasteiger partial charge in [0.15, 0.2) is 15.0 Å². The van der Waals surface area contributed by atoms with Crippen LogP contribution in [0.25, 0.3) is 0 Å². The third-order valence-electron chi connectivity index (χ3n) is 1.81. The van der Waals surface area contributed by atoms with E-state index in [0.717, 1.165) is 4.90 Å². The predicted octanol–water partition coefficient (Wildman–Crippen LogP) is 1.24. The predicted molar refractivity (Wildman–Crippen MR) is 61.5 cm³/mol. The molecule has 0 spiro atoms. The quantitative estimate of drug-likeness (QED) is 0.490. The molecule has 1 atom stereocenters. The van der Waals surface area contributed by atoms with Crippen molar-refractivity contribution in [1.82, 2.24) is 0 Å². The highest BCUT2D eigenvalue weighted by Gasteiger charge is 2.59. The van der Waals surface area contributed by atoms with Crippen LogP contribution in [0.3, 0.4) is 0 Å². The van der Waals surface area contributed by atoms with Gasteiger partial charge in [0.25, 0.3) is 0 Å². The van der Waals surface area contributed by atoms with Gasteiger partial charge in [0.05, 0.1) is 0 Å². The number of rotatable bonds is 2. The van der Waals surface area contributed by atoms with Gasteiger partial charge in [0, 0.05) is 0 Å². The summed E-state index contributed by atoms with van der Waals surface area (Å²) in [5, 5.41) is 2.02. The lowest BCUT2D eigenvalue weighted by molar-refractivity contribution is -0.248. The van der Waals surface area contributed by atoms with E-state index in [-0.39, 0.29) is 5.82 Å². The lowest BCUT2D eigenvalue weighted by Crippen LogP contribution is -2.49. The number of hydrogen-bond donors (Lipinski definition) is 1. The molecular formula is C9H8F6O4S2. The second-order valence-corrected chi connectivity index (χ2v) is 5.50. The van der Waals surface area contributed by atoms with Crippen molar-refractivity contribution in [1.29, 1.82) is 0 Å². The minimum atomic E-state index is -6.54. The topological polar surface area (TPSA) is 77.4 Å². The van der Waals surface area contributed by atoms with Gasteiger partial charge in [-0.15, -0.1) is 0 Å². The fourth-order valence-corrected chi connectivity index (χ4v) is 1.35. The fraction of sp³-hybridized carbons (Fsp3) is 0.333. The molecule has 0 aliphatic heterocycles. The van der Waals surface area contributed by atoms with Gasteiger partial charge >= 0.3 is 11.4 Å². The largest absolute Gasteiger partial charge is 0.743 e. The van der Waals surface area contributed by atoms with Crippen LogP contribution in [-0.4, -0.2) is 35.6 Å². The molecule has 0 saturated carbocycles. The number of halogens is 6. The molecule has 0 radical (unpaired) electrons. The summed E-state index contributed by atoms with van der Waals surface area (Å²) in [6.07, 6.45) is -10.4. The number of aliphatic hydroxyl groups excluding tert-OH is 1. The fourth-order valence-electron chi connectivity index (χ4n) is 0.777. The van der Waals surface area contributed by atoms with Crippen molar-refractivity contribution in [3.8, 4) is 0 Å². The van der Waals surface area contributed by atoms with E-state index in [2.05, 4.69) is 12.6 Å². The molecule has 1 aromatic carbocycles. The van der Waals surface area contributed by atoms with Crippen LogP contribution in [-0.2, 0) is 22.7 Å². The zero-order chi connectivity index (χ0) is 17.1. The summed E-state index contributed by atoms with van der Waals surface area (Å²) in [5.41, 5.74) is 0. The van der Waals surface area contributed by atoms with Gasteiger partial charge < -0.3 is 9.66 Å². The van der Waals surface area contributed by atoms with Crippen molar-refractivity contribution in [2.75, 3.05) is 0 Å². The lowest BCUT2D eigenvalue weighted by Gasteiger charge is -2.26. The van der Waals surface area contributed by atoms with Crippen LogP contribution in [0.4, 0.5) is 26.3 Å². The zero-order valence-corrected chi connectivity index (χ0v) is 11.6. The average Bonchev–Trinajstić information content (AvgIpc) is 2.30. The lowest BCUT2D eigenvalue weighted by atomic mass is 10.4. The van der Waals surface area contributed by atoms with Crippen LogP contribution in [0.15, 0.2) is 29.2 Å². The highest BCUT2D eigenvalue weighted by Crippen LogP contribution is 2.35. The van der Waals surface area contributed by atoms with E-state index >= 15 is 0 Å². The maximum absolute atomic E-state index is 12.1. The average molecular weight is 358 g/mol. The van der Waals surface area contributed by atoms with Crippen molar-refractivity contribution in [3.05, 3.63) is 30.1 Å². The summed E-state index contributed by atoms with van der Waals surface area (Å²) >= 11 is 3.22. The maximum Gasteiger partial charge on any atom is 0.421 e. The third-order valence-corrected chi connectivity index (χ3v) is 3.03. The van der Waals surface area contributed by atoms with E-state index in [4.69, 9.17) is 5.11 Å². The molecule has 21 heavy (non-hydrogen) atoms. The van der Waals surface area contributed by atoms with E-state index in [9.17, 15) is 39.3 Å². The molecule has 1 unspecified atom stereocenters. The second-order valence-electron chi connectivity index (χ2n) is 3.47. The van der Waals surface area contributed by atoms with Gasteiger partial charge in [-0.2, -0.15) is 22.0 Å². The molecule has 0 saturated heterocycles. The van der Waals surface area contributed by atoms with E-state index in [1.165, 1.54) is 12.1 Å². The Morgan fingerprint density at radius 3 is 1.67 bits per heavy atom. The van der Waals surface area contributed by atoms with E-state index < -0.39 is 27.7 Å². The minimum absolute atomic E-state index is 0.202. The molecule has 0 aliphatic rings. The summed E-state index contributed by atoms with van der Waals surface area (Å²) < 4.78 is 98.7. The number of alkyl halides is 5. The Hall–Kier alpha value is -0.980. The standard InChI is InChI=1S/C6H5FS.C3H3F5O4S/c7-5-1-3-6(8)4-2-5;4-2(5,6)1(9)3(7,8)13(10,11)12/h1-4,8H;1,9H,(H,10,11,12). The highest BCUT2D eigenvalue weighted by atomic mass is 32.2. The Balaban J connectivity index is 0.000000423. The van der Waals surface area contributed by atoms with Crippen LogP contribution in [0.1, 0.15) is 0 Å². The Morgan fingerprint density at radius 1 is 1.10 bits per heavy atom. The molecule has 122 valence electrons. The first kappa shape index (κ1) is 20.0. The van der Waals surface area contributed by atoms with Crippen molar-refractivity contribution in [2.24, 2.45) is 0 Å². The van der Waals surface area contributed by atoms with Crippen LogP contribution in [0.5, 0.6) is 0 Å². The van der Waals surface area contributed by atoms with Gasteiger partial charge in [-0.05, 0) is 36.9 Å². The molecule has 1 N–H and O–H groups in total. The van der Waals surface area contributed by atoms with Gasteiger partial charge in [-0.25, -0.2) is 12.8 Å². The van der Waals surface area contributed by atoms with E-state index in [1.54, 1.807) is 12.1 Å². The van der Waals surface area contributed by atoms with Gasteiger partial charge in [-0.3, -0.25) is 0 Å². The summed E-state index contributed by atoms with van der Waals surface area (Å²) in [5.74, 6) is -0.202. The van der Waals surface area contributed by atoms with Crippen LogP contribution < -0.4 is 0 Å². The summed E-state index contributed by atoms with van der Waals surface area (Å²) in [7, 11) is -6.54. The Bertz CT molecular complexity index is 534. The van der Waals surface area contributed by atoms with Crippen molar-refractivity contribution in [2.45, 2.75) is 22.4 Å². The molecule has 1 aromatic rings. The van der Waals surface area contributed by atoms with Gasteiger partial charge in [0.2, 0.25) is 6.10 Å². The second kappa shape index (κ2) is 6.85. The maximum atomic E-state index is 12.1. The molecule has 0 heterocycles. The zero-order valence-electron chi connectivity index (χ0n) is 9.73. The Kier molecular flexibility index (Phi) is 6.53. The molecule has 0 fully saturated rings. The SMILES string of the molecule is Fc1ccc([SH2+])cc1.O=S(=O)([O-])C(F)(F)C(O)C(F)(F)F. The van der Waals surface area contributed by atoms with Crippen LogP contribution >= 0.6 is 0 Å². The van der Waals surface area contributed by atoms with Gasteiger partial charge in [-0.1, -0.05) is 0 Å². The summed E-state index contributed by atoms with van der Waals surface area (Å²) in [6.45, 7) is 0. The number of hydrogen-bond acceptors (Lipinski definition) is 4. The van der Waals surface area contributed by atoms with Gasteiger partial charge in [0.1, 0.15) is 5.82 Å². The highest BCUT2D eigenvalue weighted by molar-refractivity contribution is 7.86. The molecule has 0 aromatic heterocycles. The van der Waals surface area contributed by atoms with Crippen molar-refractivity contribution < 1.29 is 44.4 Å². The van der Waals surface area contributed by atoms with E-state index in [0.29, 0.717) is 0 Å². The minimum Gasteiger partial charge on any atom is -0.743 e. The molecule has 0 amide bonds. The summed E-state index contributed by atoms with van der Waals surface area (Å²) in [4.78, 5) is 0.895. The normalized spacial score (nSPS) is 14.1. The first-order valence-corrected chi connectivity index (χ1v) is 6.65. The van der Waals surface area contributed by atoms with Crippen LogP contribution in [0, 0.1) is 5.82 Å². The molecule has 0 aliphatic carbocycles. The van der Waals surface area contributed by atoms with E-state index in [1.807, 2.05) is 0 Å². The smallest absolute Gasteiger partial charge is 0.421 e. The summed E-state index contributed by atoms with van der Waals surface area (Å²) in [6, 6.07) is 6.13. The first-order valence-electron chi connectivity index (χ1n) is 4.74. The first-order chi connectivity index (χ1) is 9.19. The molecule has 4 nitrogen and oxygen atoms in total. The molecular weight excluding hydrogens is 350 g/mol. The van der Waals surface area contributed by atoms with Crippen molar-refractivity contribution >= 4 is 22.7 Å². The molecule has 0 bridgehead atoms. The Labute approximate surface area is 120 Å². The monoisotopic (exact) mass is 358 g/mol. The molecule has 12 heteroatoms. The number of benzene rings is 1. The van der Waals surface area contributed by atoms with Crippen molar-refractivity contribution in [3.63, 3.8) is 0 Å². The third kappa shape index (κ3) is 6.11. The Morgan fingerprint density at radius 2 is 1.48 bits per heavy atom.